The number of halogens is 1. The van der Waals surface area contributed by atoms with Gasteiger partial charge in [0.1, 0.15) is 5.75 Å². The lowest BCUT2D eigenvalue weighted by molar-refractivity contribution is -0.119. The van der Waals surface area contributed by atoms with Crippen LogP contribution in [0.1, 0.15) is 11.1 Å². The number of rotatable bonds is 7. The van der Waals surface area contributed by atoms with Gasteiger partial charge in [0.2, 0.25) is 0 Å². The first-order chi connectivity index (χ1) is 12.5. The van der Waals surface area contributed by atoms with Crippen LogP contribution in [0.3, 0.4) is 0 Å². The van der Waals surface area contributed by atoms with Gasteiger partial charge in [-0.25, -0.2) is 0 Å². The van der Waals surface area contributed by atoms with Crippen LogP contribution in [0.25, 0.3) is 11.6 Å². The van der Waals surface area contributed by atoms with E-state index in [9.17, 15) is 10.1 Å². The molecule has 0 saturated carbocycles. The molecular formula is C19H17ClN2O4. The molecule has 0 radical (unpaired) electrons. The van der Waals surface area contributed by atoms with E-state index < -0.39 is 5.91 Å². The molecule has 0 atom stereocenters. The lowest BCUT2D eigenvalue weighted by Crippen LogP contribution is -2.20. The molecule has 2 aromatic rings. The minimum Gasteiger partial charge on any atom is -0.493 e. The summed E-state index contributed by atoms with van der Waals surface area (Å²) < 4.78 is 15.9. The third kappa shape index (κ3) is 4.68. The molecule has 1 amide bonds. The zero-order valence-electron chi connectivity index (χ0n) is 14.3. The van der Waals surface area contributed by atoms with Gasteiger partial charge in [-0.05, 0) is 48.0 Å². The molecule has 0 aromatic heterocycles. The van der Waals surface area contributed by atoms with Crippen molar-refractivity contribution in [3.8, 4) is 23.3 Å². The minimum atomic E-state index is -0.602. The zero-order valence-corrected chi connectivity index (χ0v) is 15.0. The molecule has 0 spiro atoms. The molecule has 0 fully saturated rings. The number of carbonyl (C=O) groups excluding carboxylic acids is 1. The second-order valence-electron chi connectivity index (χ2n) is 5.18. The molecule has 2 rings (SSSR count). The number of carbonyl (C=O) groups is 1. The van der Waals surface area contributed by atoms with Gasteiger partial charge in [-0.3, -0.25) is 4.79 Å². The summed E-state index contributed by atoms with van der Waals surface area (Å²) in [7, 11) is 3.05. The van der Waals surface area contributed by atoms with Crippen molar-refractivity contribution in [2.75, 3.05) is 20.8 Å². The van der Waals surface area contributed by atoms with Crippen LogP contribution < -0.4 is 19.9 Å². The van der Waals surface area contributed by atoms with Crippen molar-refractivity contribution in [2.45, 2.75) is 0 Å². The van der Waals surface area contributed by atoms with E-state index in [4.69, 9.17) is 31.5 Å². The number of hydrogen-bond acceptors (Lipinski definition) is 5. The Bertz CT molecular complexity index is 888. The average molecular weight is 373 g/mol. The SMILES string of the molecule is COc1ccc(/C(C#N)=C/c2cc(Cl)ccc2OCC(N)=O)cc1OC. The number of methoxy groups -OCH3 is 2. The van der Waals surface area contributed by atoms with Crippen LogP contribution in [0.2, 0.25) is 5.02 Å². The summed E-state index contributed by atoms with van der Waals surface area (Å²) in [4.78, 5) is 11.0. The number of nitrogens with zero attached hydrogens (tertiary/aromatic N) is 1. The Morgan fingerprint density at radius 3 is 2.46 bits per heavy atom. The molecule has 134 valence electrons. The number of amides is 1. The number of primary amides is 1. The summed E-state index contributed by atoms with van der Waals surface area (Å²) in [5, 5.41) is 10.0. The summed E-state index contributed by atoms with van der Waals surface area (Å²) in [5.74, 6) is 0.848. The summed E-state index contributed by atoms with van der Waals surface area (Å²) in [6.45, 7) is -0.277. The van der Waals surface area contributed by atoms with E-state index in [-0.39, 0.29) is 6.61 Å². The van der Waals surface area contributed by atoms with E-state index in [0.29, 0.717) is 39.0 Å². The van der Waals surface area contributed by atoms with E-state index in [1.165, 1.54) is 14.2 Å². The van der Waals surface area contributed by atoms with E-state index >= 15 is 0 Å². The van der Waals surface area contributed by atoms with Gasteiger partial charge in [0.05, 0.1) is 25.9 Å². The quantitative estimate of drug-likeness (QED) is 0.594. The molecule has 2 aromatic carbocycles. The largest absolute Gasteiger partial charge is 0.493 e. The molecule has 26 heavy (non-hydrogen) atoms. The van der Waals surface area contributed by atoms with Gasteiger partial charge in [0.25, 0.3) is 5.91 Å². The van der Waals surface area contributed by atoms with E-state index in [2.05, 4.69) is 6.07 Å². The van der Waals surface area contributed by atoms with Crippen LogP contribution >= 0.6 is 11.6 Å². The van der Waals surface area contributed by atoms with Crippen LogP contribution in [0.4, 0.5) is 0 Å². The molecule has 0 unspecified atom stereocenters. The maximum atomic E-state index is 11.0. The molecule has 0 bridgehead atoms. The average Bonchev–Trinajstić information content (AvgIpc) is 2.64. The number of hydrogen-bond donors (Lipinski definition) is 1. The van der Waals surface area contributed by atoms with E-state index in [1.54, 1.807) is 42.5 Å². The number of benzene rings is 2. The fraction of sp³-hybridized carbons (Fsp3) is 0.158. The third-order valence-electron chi connectivity index (χ3n) is 3.46. The Balaban J connectivity index is 2.47. The summed E-state index contributed by atoms with van der Waals surface area (Å²) >= 11 is 6.04. The van der Waals surface area contributed by atoms with Gasteiger partial charge in [-0.1, -0.05) is 11.6 Å². The highest BCUT2D eigenvalue weighted by Crippen LogP contribution is 2.32. The highest BCUT2D eigenvalue weighted by molar-refractivity contribution is 6.30. The van der Waals surface area contributed by atoms with Crippen molar-refractivity contribution in [3.63, 3.8) is 0 Å². The summed E-state index contributed by atoms with van der Waals surface area (Å²) in [6.07, 6.45) is 1.61. The lowest BCUT2D eigenvalue weighted by Gasteiger charge is -2.11. The molecule has 6 nitrogen and oxygen atoms in total. The van der Waals surface area contributed by atoms with Crippen molar-refractivity contribution in [2.24, 2.45) is 5.73 Å². The summed E-state index contributed by atoms with van der Waals surface area (Å²) in [5.41, 5.74) is 6.65. The number of nitriles is 1. The highest BCUT2D eigenvalue weighted by atomic mass is 35.5. The van der Waals surface area contributed by atoms with Crippen LogP contribution in [0.15, 0.2) is 36.4 Å². The van der Waals surface area contributed by atoms with Gasteiger partial charge in [-0.15, -0.1) is 0 Å². The first kappa shape index (κ1) is 19.2. The monoisotopic (exact) mass is 372 g/mol. The van der Waals surface area contributed by atoms with Crippen LogP contribution in [-0.2, 0) is 4.79 Å². The second-order valence-corrected chi connectivity index (χ2v) is 5.61. The van der Waals surface area contributed by atoms with Gasteiger partial charge in [0, 0.05) is 10.6 Å². The van der Waals surface area contributed by atoms with Gasteiger partial charge >= 0.3 is 0 Å². The molecule has 0 aliphatic carbocycles. The smallest absolute Gasteiger partial charge is 0.255 e. The molecule has 0 aliphatic rings. The predicted octanol–water partition coefficient (Wildman–Crippen LogP) is 3.29. The zero-order chi connectivity index (χ0) is 19.1. The molecular weight excluding hydrogens is 356 g/mol. The van der Waals surface area contributed by atoms with Gasteiger partial charge < -0.3 is 19.9 Å². The van der Waals surface area contributed by atoms with Crippen molar-refractivity contribution < 1.29 is 19.0 Å². The standard InChI is InChI=1S/C19H17ClN2O4/c1-24-17-5-3-12(9-18(17)25-2)14(10-21)7-13-8-15(20)4-6-16(13)26-11-19(22)23/h3-9H,11H2,1-2H3,(H2,22,23)/b14-7+. The first-order valence-corrected chi connectivity index (χ1v) is 7.91. The Hall–Kier alpha value is -3.17. The minimum absolute atomic E-state index is 0.277. The number of nitrogens with two attached hydrogens (primary N) is 1. The Kier molecular flexibility index (Phi) is 6.48. The lowest BCUT2D eigenvalue weighted by atomic mass is 10.0. The van der Waals surface area contributed by atoms with Gasteiger partial charge in [-0.2, -0.15) is 5.26 Å². The maximum absolute atomic E-state index is 11.0. The Morgan fingerprint density at radius 2 is 1.85 bits per heavy atom. The van der Waals surface area contributed by atoms with E-state index in [1.807, 2.05) is 0 Å². The Labute approximate surface area is 156 Å². The topological polar surface area (TPSA) is 94.6 Å². The molecule has 0 heterocycles. The van der Waals surface area contributed by atoms with Crippen molar-refractivity contribution in [1.29, 1.82) is 5.26 Å². The maximum Gasteiger partial charge on any atom is 0.255 e. The molecule has 0 aliphatic heterocycles. The first-order valence-electron chi connectivity index (χ1n) is 7.53. The molecule has 7 heteroatoms. The van der Waals surface area contributed by atoms with Crippen molar-refractivity contribution in [3.05, 3.63) is 52.5 Å². The predicted molar refractivity (Wildman–Crippen MR) is 99.2 cm³/mol. The van der Waals surface area contributed by atoms with Crippen LogP contribution in [0, 0.1) is 11.3 Å². The van der Waals surface area contributed by atoms with Crippen LogP contribution in [0.5, 0.6) is 17.2 Å². The second kappa shape index (κ2) is 8.79. The summed E-state index contributed by atoms with van der Waals surface area (Å²) in [6, 6.07) is 12.2. The fourth-order valence-corrected chi connectivity index (χ4v) is 2.43. The number of ether oxygens (including phenoxy) is 3. The molecule has 2 N–H and O–H groups in total. The van der Waals surface area contributed by atoms with E-state index in [0.717, 1.165) is 0 Å². The normalized spacial score (nSPS) is 10.8. The molecule has 0 saturated heterocycles. The van der Waals surface area contributed by atoms with Crippen molar-refractivity contribution in [1.82, 2.24) is 0 Å². The third-order valence-corrected chi connectivity index (χ3v) is 3.69. The highest BCUT2D eigenvalue weighted by Gasteiger charge is 2.11. The van der Waals surface area contributed by atoms with Gasteiger partial charge in [0.15, 0.2) is 18.1 Å². The number of allylic oxidation sites excluding steroid dienone is 1. The fourth-order valence-electron chi connectivity index (χ4n) is 2.25. The van der Waals surface area contributed by atoms with Crippen molar-refractivity contribution >= 4 is 29.2 Å². The van der Waals surface area contributed by atoms with Crippen LogP contribution in [-0.4, -0.2) is 26.7 Å². The Morgan fingerprint density at radius 1 is 1.15 bits per heavy atom.